The first-order valence-electron chi connectivity index (χ1n) is 6.94. The van der Waals surface area contributed by atoms with Gasteiger partial charge in [-0.05, 0) is 29.8 Å². The van der Waals surface area contributed by atoms with Crippen LogP contribution in [0.25, 0.3) is 0 Å². The zero-order valence-corrected chi connectivity index (χ0v) is 16.2. The number of rotatable bonds is 6. The van der Waals surface area contributed by atoms with Crippen molar-refractivity contribution in [3.05, 3.63) is 76.7 Å². The number of halogens is 5. The number of Topliss-reactive ketones (excluding diaryl/α,β-unsaturated/α-hetero) is 1. The summed E-state index contributed by atoms with van der Waals surface area (Å²) in [6.45, 7) is -0.466. The summed E-state index contributed by atoms with van der Waals surface area (Å²) in [6.07, 6.45) is -0.167. The van der Waals surface area contributed by atoms with E-state index in [4.69, 9.17) is 58.0 Å². The average Bonchev–Trinajstić information content (AvgIpc) is 2.51. The molecule has 0 radical (unpaired) electrons. The van der Waals surface area contributed by atoms with Crippen molar-refractivity contribution in [3.63, 3.8) is 0 Å². The van der Waals surface area contributed by atoms with E-state index in [2.05, 4.69) is 0 Å². The maximum Gasteiger partial charge on any atom is 0.211 e. The Bertz CT molecular complexity index is 841. The maximum atomic E-state index is 12.6. The highest BCUT2D eigenvalue weighted by molar-refractivity contribution is 6.49. The Kier molecular flexibility index (Phi) is 6.94. The number of benzene rings is 2. The van der Waals surface area contributed by atoms with Gasteiger partial charge in [-0.3, -0.25) is 14.9 Å². The molecule has 9 heteroatoms. The van der Waals surface area contributed by atoms with E-state index < -0.39 is 23.2 Å². The molecule has 1 atom stereocenters. The summed E-state index contributed by atoms with van der Waals surface area (Å²) in [5, 5.41) is 11.9. The predicted octanol–water partition coefficient (Wildman–Crippen LogP) is 6.59. The molecule has 2 rings (SSSR count). The second kappa shape index (κ2) is 8.56. The van der Waals surface area contributed by atoms with Crippen LogP contribution in [0.3, 0.4) is 0 Å². The molecule has 132 valence electrons. The molecule has 25 heavy (non-hydrogen) atoms. The van der Waals surface area contributed by atoms with Crippen LogP contribution in [0.15, 0.2) is 30.3 Å². The monoisotopic (exact) mass is 439 g/mol. The Balaban J connectivity index is 2.35. The third kappa shape index (κ3) is 4.99. The van der Waals surface area contributed by atoms with Gasteiger partial charge in [0, 0.05) is 27.0 Å². The quantitative estimate of drug-likeness (QED) is 0.220. The van der Waals surface area contributed by atoms with Gasteiger partial charge in [0.1, 0.15) is 0 Å². The normalized spacial score (nSPS) is 12.0. The number of hydrogen-bond acceptors (Lipinski definition) is 3. The average molecular weight is 442 g/mol. The fourth-order valence-corrected chi connectivity index (χ4v) is 3.56. The van der Waals surface area contributed by atoms with Crippen molar-refractivity contribution in [1.29, 1.82) is 0 Å². The van der Waals surface area contributed by atoms with Crippen LogP contribution in [0, 0.1) is 10.1 Å². The van der Waals surface area contributed by atoms with E-state index >= 15 is 0 Å². The molecule has 0 aromatic heterocycles. The second-order valence-corrected chi connectivity index (χ2v) is 7.24. The second-order valence-electron chi connectivity index (χ2n) is 5.23. The van der Waals surface area contributed by atoms with E-state index in [-0.39, 0.29) is 32.1 Å². The van der Waals surface area contributed by atoms with Crippen molar-refractivity contribution >= 4 is 63.8 Å². The number of nitro groups is 1. The van der Waals surface area contributed by atoms with Gasteiger partial charge < -0.3 is 0 Å². The highest BCUT2D eigenvalue weighted by Crippen LogP contribution is 2.35. The Labute approximate surface area is 168 Å². The molecule has 2 aromatic carbocycles. The number of nitrogens with zero attached hydrogens (tertiary/aromatic N) is 1. The molecule has 0 amide bonds. The van der Waals surface area contributed by atoms with Crippen LogP contribution in [0.2, 0.25) is 25.1 Å². The number of ketones is 1. The molecule has 4 nitrogen and oxygen atoms in total. The lowest BCUT2D eigenvalue weighted by Gasteiger charge is -2.15. The summed E-state index contributed by atoms with van der Waals surface area (Å²) in [4.78, 5) is 23.1. The predicted molar refractivity (Wildman–Crippen MR) is 101 cm³/mol. The highest BCUT2D eigenvalue weighted by atomic mass is 35.5. The third-order valence-corrected chi connectivity index (χ3v) is 5.40. The molecular weight excluding hydrogens is 431 g/mol. The molecule has 0 bridgehead atoms. The van der Waals surface area contributed by atoms with Gasteiger partial charge in [-0.15, -0.1) is 0 Å². The van der Waals surface area contributed by atoms with Crippen LogP contribution in [0.5, 0.6) is 0 Å². The third-order valence-electron chi connectivity index (χ3n) is 3.54. The van der Waals surface area contributed by atoms with Crippen LogP contribution in [-0.4, -0.2) is 17.3 Å². The molecule has 0 saturated heterocycles. The van der Waals surface area contributed by atoms with Gasteiger partial charge in [-0.25, -0.2) is 0 Å². The summed E-state index contributed by atoms with van der Waals surface area (Å²) in [5.74, 6) is -1.14. The van der Waals surface area contributed by atoms with Crippen LogP contribution in [-0.2, 0) is 0 Å². The minimum absolute atomic E-state index is 0.0150. The van der Waals surface area contributed by atoms with Gasteiger partial charge in [0.15, 0.2) is 5.78 Å². The van der Waals surface area contributed by atoms with Crippen LogP contribution < -0.4 is 0 Å². The SMILES string of the molecule is O=C(C[C@H](C[N+](=O)[O-])c1ccc(Cl)cc1Cl)c1ccc(Cl)c(Cl)c1Cl. The van der Waals surface area contributed by atoms with Crippen LogP contribution in [0.1, 0.15) is 28.3 Å². The number of carbonyl (C=O) groups excluding carboxylic acids is 1. The lowest BCUT2D eigenvalue weighted by molar-refractivity contribution is -0.483. The minimum atomic E-state index is -0.738. The Morgan fingerprint density at radius 2 is 1.68 bits per heavy atom. The Hall–Kier alpha value is -1.04. The number of hydrogen-bond donors (Lipinski definition) is 0. The van der Waals surface area contributed by atoms with E-state index in [0.717, 1.165) is 0 Å². The van der Waals surface area contributed by atoms with E-state index in [1.54, 1.807) is 12.1 Å². The summed E-state index contributed by atoms with van der Waals surface area (Å²) in [7, 11) is 0. The van der Waals surface area contributed by atoms with Gasteiger partial charge in [0.2, 0.25) is 6.54 Å². The van der Waals surface area contributed by atoms with Crippen molar-refractivity contribution in [2.75, 3.05) is 6.54 Å². The zero-order valence-electron chi connectivity index (χ0n) is 12.4. The first-order valence-corrected chi connectivity index (χ1v) is 8.83. The molecule has 2 aromatic rings. The van der Waals surface area contributed by atoms with Crippen LogP contribution >= 0.6 is 58.0 Å². The molecule has 0 N–H and O–H groups in total. The minimum Gasteiger partial charge on any atom is -0.294 e. The lowest BCUT2D eigenvalue weighted by Crippen LogP contribution is -2.17. The largest absolute Gasteiger partial charge is 0.294 e. The van der Waals surface area contributed by atoms with E-state index in [1.807, 2.05) is 0 Å². The first kappa shape index (κ1) is 20.3. The van der Waals surface area contributed by atoms with Gasteiger partial charge in [-0.2, -0.15) is 0 Å². The highest BCUT2D eigenvalue weighted by Gasteiger charge is 2.26. The summed E-state index contributed by atoms with van der Waals surface area (Å²) >= 11 is 29.8. The fraction of sp³-hybridized carbons (Fsp3) is 0.188. The molecule has 0 unspecified atom stereocenters. The Morgan fingerprint density at radius 1 is 1.00 bits per heavy atom. The molecule has 0 heterocycles. The maximum absolute atomic E-state index is 12.6. The molecule has 0 fully saturated rings. The summed E-state index contributed by atoms with van der Waals surface area (Å²) < 4.78 is 0. The number of carbonyl (C=O) groups is 1. The van der Waals surface area contributed by atoms with Crippen LogP contribution in [0.4, 0.5) is 0 Å². The molecular formula is C16H10Cl5NO3. The van der Waals surface area contributed by atoms with Gasteiger partial charge in [-0.1, -0.05) is 64.1 Å². The van der Waals surface area contributed by atoms with Crippen molar-refractivity contribution in [3.8, 4) is 0 Å². The molecule has 0 aliphatic heterocycles. The van der Waals surface area contributed by atoms with E-state index in [0.29, 0.717) is 10.6 Å². The van der Waals surface area contributed by atoms with E-state index in [1.165, 1.54) is 18.2 Å². The summed E-state index contributed by atoms with van der Waals surface area (Å²) in [5.41, 5.74) is 0.613. The Morgan fingerprint density at radius 3 is 2.28 bits per heavy atom. The molecule has 0 aliphatic carbocycles. The van der Waals surface area contributed by atoms with Crippen molar-refractivity contribution in [1.82, 2.24) is 0 Å². The van der Waals surface area contributed by atoms with E-state index in [9.17, 15) is 14.9 Å². The topological polar surface area (TPSA) is 60.2 Å². The van der Waals surface area contributed by atoms with Crippen molar-refractivity contribution in [2.45, 2.75) is 12.3 Å². The van der Waals surface area contributed by atoms with Crippen molar-refractivity contribution in [2.24, 2.45) is 0 Å². The lowest BCUT2D eigenvalue weighted by atomic mass is 9.91. The van der Waals surface area contributed by atoms with Gasteiger partial charge in [0.05, 0.1) is 21.0 Å². The first-order chi connectivity index (χ1) is 11.7. The smallest absolute Gasteiger partial charge is 0.211 e. The molecule has 0 saturated carbocycles. The molecule has 0 aliphatic rings. The summed E-state index contributed by atoms with van der Waals surface area (Å²) in [6, 6.07) is 7.49. The zero-order chi connectivity index (χ0) is 18.7. The van der Waals surface area contributed by atoms with Gasteiger partial charge >= 0.3 is 0 Å². The fourth-order valence-electron chi connectivity index (χ4n) is 2.36. The van der Waals surface area contributed by atoms with Crippen molar-refractivity contribution < 1.29 is 9.72 Å². The standard InChI is InChI=1S/C16H10Cl5NO3/c17-9-1-2-10(13(19)6-9)8(7-22(24)25)5-14(23)11-3-4-12(18)16(21)15(11)20/h1-4,6,8H,5,7H2/t8-/m1/s1. The van der Waals surface area contributed by atoms with Gasteiger partial charge in [0.25, 0.3) is 0 Å². The molecule has 0 spiro atoms.